The van der Waals surface area contributed by atoms with Gasteiger partial charge in [-0.1, -0.05) is 24.3 Å². The van der Waals surface area contributed by atoms with Gasteiger partial charge in [-0.15, -0.1) is 0 Å². The number of carbonyl (C=O) groups excluding carboxylic acids is 1. The molecule has 0 saturated carbocycles. The second kappa shape index (κ2) is 4.76. The van der Waals surface area contributed by atoms with Gasteiger partial charge in [-0.3, -0.25) is 4.79 Å². The Kier molecular flexibility index (Phi) is 3.47. The van der Waals surface area contributed by atoms with Gasteiger partial charge in [-0.05, 0) is 6.42 Å². The normalized spacial score (nSPS) is 22.3. The SMILES string of the molecule is O=C(c1ccc(C(F)F)cc1)C1CCS(=O)(=O)C1. The Labute approximate surface area is 104 Å². The number of hydrogen-bond donors (Lipinski definition) is 0. The Morgan fingerprint density at radius 3 is 2.28 bits per heavy atom. The number of halogens is 2. The van der Waals surface area contributed by atoms with Gasteiger partial charge in [0.1, 0.15) is 0 Å². The topological polar surface area (TPSA) is 51.2 Å². The lowest BCUT2D eigenvalue weighted by atomic mass is 9.96. The van der Waals surface area contributed by atoms with Crippen LogP contribution in [-0.2, 0) is 9.84 Å². The zero-order valence-electron chi connectivity index (χ0n) is 9.47. The Morgan fingerprint density at radius 1 is 1.22 bits per heavy atom. The van der Waals surface area contributed by atoms with Crippen LogP contribution in [0.5, 0.6) is 0 Å². The highest BCUT2D eigenvalue weighted by atomic mass is 32.2. The van der Waals surface area contributed by atoms with E-state index in [9.17, 15) is 22.0 Å². The van der Waals surface area contributed by atoms with Crippen molar-refractivity contribution in [3.8, 4) is 0 Å². The van der Waals surface area contributed by atoms with Gasteiger partial charge in [-0.25, -0.2) is 17.2 Å². The Bertz CT molecular complexity index is 549. The van der Waals surface area contributed by atoms with Gasteiger partial charge in [0.05, 0.1) is 11.5 Å². The van der Waals surface area contributed by atoms with Crippen molar-refractivity contribution in [2.24, 2.45) is 5.92 Å². The van der Waals surface area contributed by atoms with Crippen LogP contribution in [0.1, 0.15) is 28.8 Å². The lowest BCUT2D eigenvalue weighted by Gasteiger charge is -2.07. The van der Waals surface area contributed by atoms with Crippen molar-refractivity contribution in [3.05, 3.63) is 35.4 Å². The Morgan fingerprint density at radius 2 is 1.83 bits per heavy atom. The third-order valence-electron chi connectivity index (χ3n) is 3.05. The first-order valence-corrected chi connectivity index (χ1v) is 7.34. The maximum atomic E-state index is 12.3. The molecule has 0 bridgehead atoms. The lowest BCUT2D eigenvalue weighted by Crippen LogP contribution is -2.16. The first-order valence-electron chi connectivity index (χ1n) is 5.52. The summed E-state index contributed by atoms with van der Waals surface area (Å²) in [4.78, 5) is 12.0. The number of alkyl halides is 2. The van der Waals surface area contributed by atoms with Crippen LogP contribution < -0.4 is 0 Å². The van der Waals surface area contributed by atoms with Gasteiger partial charge < -0.3 is 0 Å². The van der Waals surface area contributed by atoms with Crippen LogP contribution in [0, 0.1) is 5.92 Å². The van der Waals surface area contributed by atoms with Crippen molar-refractivity contribution in [2.45, 2.75) is 12.8 Å². The number of hydrogen-bond acceptors (Lipinski definition) is 3. The maximum absolute atomic E-state index is 12.3. The molecule has 1 atom stereocenters. The molecule has 1 aliphatic rings. The standard InChI is InChI=1S/C12H12F2O3S/c13-12(14)9-3-1-8(2-4-9)11(15)10-5-6-18(16,17)7-10/h1-4,10,12H,5-7H2. The minimum Gasteiger partial charge on any atom is -0.294 e. The smallest absolute Gasteiger partial charge is 0.263 e. The molecule has 1 aliphatic heterocycles. The molecule has 1 aromatic carbocycles. The summed E-state index contributed by atoms with van der Waals surface area (Å²) in [6, 6.07) is 5.05. The summed E-state index contributed by atoms with van der Waals surface area (Å²) in [5.74, 6) is -0.926. The van der Waals surface area contributed by atoms with E-state index in [-0.39, 0.29) is 22.9 Å². The monoisotopic (exact) mass is 274 g/mol. The average molecular weight is 274 g/mol. The van der Waals surface area contributed by atoms with E-state index in [2.05, 4.69) is 0 Å². The highest BCUT2D eigenvalue weighted by Gasteiger charge is 2.33. The van der Waals surface area contributed by atoms with Gasteiger partial charge >= 0.3 is 0 Å². The van der Waals surface area contributed by atoms with E-state index in [1.165, 1.54) is 24.3 Å². The molecule has 1 aromatic rings. The number of rotatable bonds is 3. The largest absolute Gasteiger partial charge is 0.294 e. The van der Waals surface area contributed by atoms with E-state index in [1.807, 2.05) is 0 Å². The molecular weight excluding hydrogens is 262 g/mol. The highest BCUT2D eigenvalue weighted by Crippen LogP contribution is 2.24. The molecule has 98 valence electrons. The molecule has 6 heteroatoms. The van der Waals surface area contributed by atoms with E-state index in [4.69, 9.17) is 0 Å². The van der Waals surface area contributed by atoms with Crippen molar-refractivity contribution in [3.63, 3.8) is 0 Å². The third kappa shape index (κ3) is 2.75. The molecule has 1 fully saturated rings. The fourth-order valence-corrected chi connectivity index (χ4v) is 3.77. The molecule has 0 amide bonds. The van der Waals surface area contributed by atoms with E-state index in [1.54, 1.807) is 0 Å². The number of sulfone groups is 1. The first kappa shape index (κ1) is 13.1. The van der Waals surface area contributed by atoms with Crippen molar-refractivity contribution >= 4 is 15.6 Å². The molecule has 0 aliphatic carbocycles. The summed E-state index contributed by atoms with van der Waals surface area (Å²) in [7, 11) is -3.11. The minimum absolute atomic E-state index is 0.0263. The van der Waals surface area contributed by atoms with Crippen molar-refractivity contribution in [2.75, 3.05) is 11.5 Å². The highest BCUT2D eigenvalue weighted by molar-refractivity contribution is 7.91. The fourth-order valence-electron chi connectivity index (χ4n) is 2.03. The lowest BCUT2D eigenvalue weighted by molar-refractivity contribution is 0.0933. The zero-order chi connectivity index (χ0) is 13.3. The third-order valence-corrected chi connectivity index (χ3v) is 4.82. The van der Waals surface area contributed by atoms with Crippen LogP contribution in [0.3, 0.4) is 0 Å². The van der Waals surface area contributed by atoms with Gasteiger partial charge in [-0.2, -0.15) is 0 Å². The number of carbonyl (C=O) groups is 1. The molecule has 2 rings (SSSR count). The molecule has 18 heavy (non-hydrogen) atoms. The molecule has 0 aromatic heterocycles. The van der Waals surface area contributed by atoms with Crippen LogP contribution in [0.15, 0.2) is 24.3 Å². The summed E-state index contributed by atoms with van der Waals surface area (Å²) in [6.07, 6.45) is -2.25. The molecule has 1 unspecified atom stereocenters. The number of benzene rings is 1. The van der Waals surface area contributed by atoms with Crippen LogP contribution in [0.25, 0.3) is 0 Å². The Hall–Kier alpha value is -1.30. The van der Waals surface area contributed by atoms with Crippen LogP contribution in [0.4, 0.5) is 8.78 Å². The summed E-state index contributed by atoms with van der Waals surface area (Å²) < 4.78 is 47.2. The van der Waals surface area contributed by atoms with Gasteiger partial charge in [0.2, 0.25) is 0 Å². The van der Waals surface area contributed by atoms with Gasteiger partial charge in [0.15, 0.2) is 15.6 Å². The van der Waals surface area contributed by atoms with Crippen LogP contribution in [-0.4, -0.2) is 25.7 Å². The van der Waals surface area contributed by atoms with Crippen molar-refractivity contribution in [1.82, 2.24) is 0 Å². The van der Waals surface area contributed by atoms with Gasteiger partial charge in [0.25, 0.3) is 6.43 Å². The summed E-state index contributed by atoms with van der Waals surface area (Å²) in [5.41, 5.74) is 0.145. The van der Waals surface area contributed by atoms with Gasteiger partial charge in [0, 0.05) is 17.0 Å². The van der Waals surface area contributed by atoms with Crippen LogP contribution in [0.2, 0.25) is 0 Å². The second-order valence-electron chi connectivity index (χ2n) is 4.39. The molecule has 0 spiro atoms. The van der Waals surface area contributed by atoms with E-state index in [0.29, 0.717) is 12.0 Å². The summed E-state index contributed by atoms with van der Waals surface area (Å²) in [6.45, 7) is 0. The molecule has 0 radical (unpaired) electrons. The summed E-state index contributed by atoms with van der Waals surface area (Å²) >= 11 is 0. The predicted molar refractivity (Wildman–Crippen MR) is 62.5 cm³/mol. The minimum atomic E-state index is -3.11. The molecular formula is C12H12F2O3S. The fraction of sp³-hybridized carbons (Fsp3) is 0.417. The number of Topliss-reactive ketones (excluding diaryl/α,β-unsaturated/α-hetero) is 1. The first-order chi connectivity index (χ1) is 8.39. The quantitative estimate of drug-likeness (QED) is 0.794. The van der Waals surface area contributed by atoms with Crippen molar-refractivity contribution in [1.29, 1.82) is 0 Å². The molecule has 1 saturated heterocycles. The van der Waals surface area contributed by atoms with E-state index < -0.39 is 22.2 Å². The maximum Gasteiger partial charge on any atom is 0.263 e. The zero-order valence-corrected chi connectivity index (χ0v) is 10.3. The molecule has 0 N–H and O–H groups in total. The average Bonchev–Trinajstić information content (AvgIpc) is 2.69. The molecule has 3 nitrogen and oxygen atoms in total. The van der Waals surface area contributed by atoms with Crippen LogP contribution >= 0.6 is 0 Å². The van der Waals surface area contributed by atoms with E-state index >= 15 is 0 Å². The van der Waals surface area contributed by atoms with Crippen molar-refractivity contribution < 1.29 is 22.0 Å². The molecule has 1 heterocycles. The second-order valence-corrected chi connectivity index (χ2v) is 6.62. The predicted octanol–water partition coefficient (Wildman–Crippen LogP) is 2.24. The Balaban J connectivity index is 2.15. The van der Waals surface area contributed by atoms with E-state index in [0.717, 1.165) is 0 Å². The number of ketones is 1. The summed E-state index contributed by atoms with van der Waals surface area (Å²) in [5, 5.41) is 0.